The molecule has 0 spiro atoms. The van der Waals surface area contributed by atoms with E-state index in [1.54, 1.807) is 0 Å². The summed E-state index contributed by atoms with van der Waals surface area (Å²) in [6, 6.07) is 6.48. The van der Waals surface area contributed by atoms with Crippen LogP contribution >= 0.6 is 34.8 Å². The number of carbonyl (C=O) groups is 1. The molecule has 9 nitrogen and oxygen atoms in total. The Morgan fingerprint density at radius 3 is 2.33 bits per heavy atom. The molecule has 1 amide bonds. The average Bonchev–Trinajstić information content (AvgIpc) is 2.72. The van der Waals surface area contributed by atoms with E-state index < -0.39 is 39.9 Å². The SMILES string of the molecule is O=C(NNc1ncnc(Nc2cc(C(F)(F)F)ccc2Cl)c1[N+](=O)[O-])c1ccc(Cl)cc1Cl. The molecular formula is C18H10Cl3F3N6O3. The zero-order chi connectivity index (χ0) is 24.3. The second kappa shape index (κ2) is 9.65. The zero-order valence-electron chi connectivity index (χ0n) is 15.9. The molecule has 2 aromatic carbocycles. The summed E-state index contributed by atoms with van der Waals surface area (Å²) in [5.74, 6) is -1.70. The summed E-state index contributed by atoms with van der Waals surface area (Å²) in [7, 11) is 0. The number of hydrazine groups is 1. The van der Waals surface area contributed by atoms with Gasteiger partial charge in [-0.1, -0.05) is 34.8 Å². The Morgan fingerprint density at radius 2 is 1.70 bits per heavy atom. The Morgan fingerprint density at radius 1 is 1.00 bits per heavy atom. The molecule has 0 atom stereocenters. The molecule has 33 heavy (non-hydrogen) atoms. The van der Waals surface area contributed by atoms with Crippen LogP contribution in [0.25, 0.3) is 0 Å². The van der Waals surface area contributed by atoms with Gasteiger partial charge < -0.3 is 5.32 Å². The largest absolute Gasteiger partial charge is 0.416 e. The number of nitrogens with zero attached hydrogens (tertiary/aromatic N) is 3. The summed E-state index contributed by atoms with van der Waals surface area (Å²) >= 11 is 17.7. The number of hydrogen-bond donors (Lipinski definition) is 3. The number of benzene rings is 2. The van der Waals surface area contributed by atoms with Gasteiger partial charge in [0.1, 0.15) is 6.33 Å². The van der Waals surface area contributed by atoms with E-state index in [-0.39, 0.29) is 21.3 Å². The van der Waals surface area contributed by atoms with E-state index in [9.17, 15) is 28.1 Å². The van der Waals surface area contributed by atoms with Gasteiger partial charge in [0, 0.05) is 5.02 Å². The summed E-state index contributed by atoms with van der Waals surface area (Å²) in [6.45, 7) is 0. The summed E-state index contributed by atoms with van der Waals surface area (Å²) < 4.78 is 39.0. The van der Waals surface area contributed by atoms with Gasteiger partial charge in [0.15, 0.2) is 0 Å². The highest BCUT2D eigenvalue weighted by atomic mass is 35.5. The van der Waals surface area contributed by atoms with Crippen molar-refractivity contribution in [1.29, 1.82) is 0 Å². The molecule has 1 heterocycles. The van der Waals surface area contributed by atoms with Gasteiger partial charge in [0.05, 0.1) is 31.8 Å². The third-order valence-corrected chi connectivity index (χ3v) is 4.90. The van der Waals surface area contributed by atoms with Crippen LogP contribution in [0.15, 0.2) is 42.7 Å². The van der Waals surface area contributed by atoms with Crippen molar-refractivity contribution in [3.05, 3.63) is 79.0 Å². The number of amides is 1. The lowest BCUT2D eigenvalue weighted by atomic mass is 10.2. The van der Waals surface area contributed by atoms with E-state index in [0.29, 0.717) is 11.1 Å². The van der Waals surface area contributed by atoms with Crippen LogP contribution in [0.3, 0.4) is 0 Å². The van der Waals surface area contributed by atoms with E-state index in [1.165, 1.54) is 18.2 Å². The van der Waals surface area contributed by atoms with Gasteiger partial charge >= 0.3 is 11.9 Å². The normalized spacial score (nSPS) is 11.1. The number of carbonyl (C=O) groups excluding carboxylic acids is 1. The predicted octanol–water partition coefficient (Wildman–Crippen LogP) is 5.86. The molecule has 0 radical (unpaired) electrons. The van der Waals surface area contributed by atoms with Gasteiger partial charge in [-0.3, -0.25) is 25.8 Å². The molecule has 15 heteroatoms. The monoisotopic (exact) mass is 520 g/mol. The molecule has 172 valence electrons. The fraction of sp³-hybridized carbons (Fsp3) is 0.0556. The van der Waals surface area contributed by atoms with Gasteiger partial charge in [-0.25, -0.2) is 9.97 Å². The minimum absolute atomic E-state index is 0.0133. The van der Waals surface area contributed by atoms with E-state index >= 15 is 0 Å². The summed E-state index contributed by atoms with van der Waals surface area (Å²) in [5.41, 5.74) is 2.39. The number of nitro groups is 1. The van der Waals surface area contributed by atoms with Gasteiger partial charge in [-0.2, -0.15) is 13.2 Å². The van der Waals surface area contributed by atoms with Crippen molar-refractivity contribution < 1.29 is 22.9 Å². The van der Waals surface area contributed by atoms with E-state index in [1.807, 2.05) is 0 Å². The highest BCUT2D eigenvalue weighted by Gasteiger charge is 2.31. The lowest BCUT2D eigenvalue weighted by molar-refractivity contribution is -0.383. The average molecular weight is 522 g/mol. The molecule has 0 saturated carbocycles. The number of anilines is 3. The Kier molecular flexibility index (Phi) is 7.10. The van der Waals surface area contributed by atoms with Crippen molar-refractivity contribution in [1.82, 2.24) is 15.4 Å². The third-order valence-electron chi connectivity index (χ3n) is 4.02. The maximum absolute atomic E-state index is 13.0. The minimum atomic E-state index is -4.67. The highest BCUT2D eigenvalue weighted by molar-refractivity contribution is 6.36. The Balaban J connectivity index is 1.89. The summed E-state index contributed by atoms with van der Waals surface area (Å²) in [4.78, 5) is 30.5. The first-order valence-electron chi connectivity index (χ1n) is 8.62. The van der Waals surface area contributed by atoms with E-state index in [0.717, 1.165) is 18.5 Å². The highest BCUT2D eigenvalue weighted by Crippen LogP contribution is 2.37. The van der Waals surface area contributed by atoms with Crippen LogP contribution in [0.2, 0.25) is 15.1 Å². The first-order chi connectivity index (χ1) is 15.5. The van der Waals surface area contributed by atoms with Gasteiger partial charge in [-0.05, 0) is 36.4 Å². The lowest BCUT2D eigenvalue weighted by Gasteiger charge is -2.13. The third kappa shape index (κ3) is 5.72. The number of aromatic nitrogens is 2. The molecule has 1 aromatic heterocycles. The van der Waals surface area contributed by atoms with Crippen molar-refractivity contribution >= 4 is 63.7 Å². The molecule has 0 aliphatic rings. The number of rotatable bonds is 6. The second-order valence-electron chi connectivity index (χ2n) is 6.20. The maximum Gasteiger partial charge on any atom is 0.416 e. The van der Waals surface area contributed by atoms with Crippen LogP contribution < -0.4 is 16.2 Å². The molecule has 0 bridgehead atoms. The molecule has 3 aromatic rings. The van der Waals surface area contributed by atoms with Crippen LogP contribution in [0.4, 0.5) is 36.2 Å². The summed E-state index contributed by atoms with van der Waals surface area (Å²) in [5, 5.41) is 14.2. The van der Waals surface area contributed by atoms with Crippen LogP contribution in [0.5, 0.6) is 0 Å². The second-order valence-corrected chi connectivity index (χ2v) is 7.45. The van der Waals surface area contributed by atoms with Crippen molar-refractivity contribution in [2.45, 2.75) is 6.18 Å². The maximum atomic E-state index is 13.0. The van der Waals surface area contributed by atoms with Crippen molar-refractivity contribution in [3.63, 3.8) is 0 Å². The Bertz CT molecular complexity index is 1240. The number of hydrogen-bond acceptors (Lipinski definition) is 7. The summed E-state index contributed by atoms with van der Waals surface area (Å²) in [6.07, 6.45) is -3.78. The fourth-order valence-electron chi connectivity index (χ4n) is 2.52. The van der Waals surface area contributed by atoms with Crippen LogP contribution in [-0.4, -0.2) is 20.8 Å². The molecule has 0 saturated heterocycles. The fourth-order valence-corrected chi connectivity index (χ4v) is 3.18. The van der Waals surface area contributed by atoms with Gasteiger partial charge in [0.25, 0.3) is 5.91 Å². The standard InChI is InChI=1S/C18H10Cl3F3N6O3/c19-9-2-3-10(12(21)6-9)17(31)29-28-16-14(30(32)33)15(25-7-26-16)27-13-5-8(18(22,23)24)1-4-11(13)20/h1-7H,(H,29,31)(H2,25,26,27,28). The van der Waals surface area contributed by atoms with Crippen LogP contribution in [0, 0.1) is 10.1 Å². The first kappa shape index (κ1) is 24.3. The molecule has 0 unspecified atom stereocenters. The number of halogens is 6. The number of alkyl halides is 3. The van der Waals surface area contributed by atoms with Crippen molar-refractivity contribution in [2.24, 2.45) is 0 Å². The minimum Gasteiger partial charge on any atom is -0.333 e. The Labute approximate surface area is 198 Å². The smallest absolute Gasteiger partial charge is 0.333 e. The molecular weight excluding hydrogens is 512 g/mol. The van der Waals surface area contributed by atoms with E-state index in [4.69, 9.17) is 34.8 Å². The van der Waals surface area contributed by atoms with Gasteiger partial charge in [-0.15, -0.1) is 0 Å². The van der Waals surface area contributed by atoms with Crippen molar-refractivity contribution in [3.8, 4) is 0 Å². The van der Waals surface area contributed by atoms with Crippen LogP contribution in [-0.2, 0) is 6.18 Å². The molecule has 0 aliphatic heterocycles. The molecule has 3 N–H and O–H groups in total. The topological polar surface area (TPSA) is 122 Å². The van der Waals surface area contributed by atoms with Crippen molar-refractivity contribution in [2.75, 3.05) is 10.7 Å². The van der Waals surface area contributed by atoms with Crippen LogP contribution in [0.1, 0.15) is 15.9 Å². The molecule has 3 rings (SSSR count). The first-order valence-corrected chi connectivity index (χ1v) is 9.75. The predicted molar refractivity (Wildman–Crippen MR) is 116 cm³/mol. The van der Waals surface area contributed by atoms with E-state index in [2.05, 4.69) is 26.1 Å². The molecule has 0 aliphatic carbocycles. The quantitative estimate of drug-likeness (QED) is 0.274. The Hall–Kier alpha value is -3.35. The lowest BCUT2D eigenvalue weighted by Crippen LogP contribution is -2.30. The molecule has 0 fully saturated rings. The zero-order valence-corrected chi connectivity index (χ0v) is 18.1. The number of nitrogens with one attached hydrogen (secondary N) is 3. The van der Waals surface area contributed by atoms with Gasteiger partial charge in [0.2, 0.25) is 11.6 Å².